The van der Waals surface area contributed by atoms with Crippen LogP contribution in [0.1, 0.15) is 6.42 Å². The van der Waals surface area contributed by atoms with Crippen molar-refractivity contribution >= 4 is 23.4 Å². The van der Waals surface area contributed by atoms with Crippen LogP contribution in [0.5, 0.6) is 0 Å². The van der Waals surface area contributed by atoms with E-state index in [1.165, 1.54) is 11.0 Å². The molecule has 0 fully saturated rings. The van der Waals surface area contributed by atoms with E-state index in [0.717, 1.165) is 11.4 Å². The number of tetrazole rings is 1. The van der Waals surface area contributed by atoms with Gasteiger partial charge in [0.05, 0.1) is 11.7 Å². The van der Waals surface area contributed by atoms with Crippen LogP contribution in [0.2, 0.25) is 0 Å². The van der Waals surface area contributed by atoms with Crippen molar-refractivity contribution in [2.24, 2.45) is 5.73 Å². The Morgan fingerprint density at radius 3 is 3.10 bits per heavy atom. The molecule has 0 bridgehead atoms. The minimum atomic E-state index is -0.501. The number of rotatable bonds is 6. The molecule has 3 N–H and O–H groups in total. The molecule has 0 saturated heterocycles. The third kappa shape index (κ3) is 3.78. The maximum absolute atomic E-state index is 11.9. The Morgan fingerprint density at radius 2 is 2.40 bits per heavy atom. The van der Waals surface area contributed by atoms with Crippen molar-refractivity contribution in [3.8, 4) is 5.69 Å². The van der Waals surface area contributed by atoms with E-state index in [1.54, 1.807) is 23.9 Å². The van der Waals surface area contributed by atoms with Crippen LogP contribution in [0, 0.1) is 0 Å². The van der Waals surface area contributed by atoms with Crippen LogP contribution in [0.15, 0.2) is 30.6 Å². The average molecular weight is 292 g/mol. The Bertz CT molecular complexity index is 559. The number of hydrogen-bond acceptors (Lipinski definition) is 6. The fourth-order valence-electron chi connectivity index (χ4n) is 1.62. The highest BCUT2D eigenvalue weighted by Gasteiger charge is 2.13. The van der Waals surface area contributed by atoms with E-state index in [-0.39, 0.29) is 5.91 Å². The standard InChI is InChI=1S/C12H16N6OS/c1-20-6-5-11(13)12(19)15-9-3-2-4-10(7-9)18-8-14-16-17-18/h2-4,7-8,11H,5-6,13H2,1H3,(H,15,19)/t11-/m0/s1. The topological polar surface area (TPSA) is 98.7 Å². The van der Waals surface area contributed by atoms with Crippen molar-refractivity contribution in [2.75, 3.05) is 17.3 Å². The molecule has 0 saturated carbocycles. The zero-order chi connectivity index (χ0) is 14.4. The number of carbonyl (C=O) groups excluding carboxylic acids is 1. The number of aromatic nitrogens is 4. The lowest BCUT2D eigenvalue weighted by Gasteiger charge is -2.12. The Hall–Kier alpha value is -1.93. The summed E-state index contributed by atoms with van der Waals surface area (Å²) in [7, 11) is 0. The van der Waals surface area contributed by atoms with E-state index in [4.69, 9.17) is 5.73 Å². The van der Waals surface area contributed by atoms with E-state index in [0.29, 0.717) is 12.1 Å². The number of thioether (sulfide) groups is 1. The van der Waals surface area contributed by atoms with Crippen molar-refractivity contribution in [2.45, 2.75) is 12.5 Å². The Balaban J connectivity index is 2.03. The number of benzene rings is 1. The first-order valence-electron chi connectivity index (χ1n) is 6.09. The van der Waals surface area contributed by atoms with Crippen molar-refractivity contribution in [1.29, 1.82) is 0 Å². The minimum Gasteiger partial charge on any atom is -0.325 e. The summed E-state index contributed by atoms with van der Waals surface area (Å²) >= 11 is 1.67. The van der Waals surface area contributed by atoms with Gasteiger partial charge in [-0.25, -0.2) is 4.68 Å². The SMILES string of the molecule is CSCC[C@H](N)C(=O)Nc1cccc(-n2cnnn2)c1. The molecule has 1 heterocycles. The van der Waals surface area contributed by atoms with Gasteiger partial charge in [-0.15, -0.1) is 5.10 Å². The molecule has 20 heavy (non-hydrogen) atoms. The second-order valence-electron chi connectivity index (χ2n) is 4.18. The van der Waals surface area contributed by atoms with Gasteiger partial charge < -0.3 is 11.1 Å². The van der Waals surface area contributed by atoms with Crippen LogP contribution >= 0.6 is 11.8 Å². The Kier molecular flexibility index (Phi) is 5.08. The number of nitrogens with zero attached hydrogens (tertiary/aromatic N) is 4. The van der Waals surface area contributed by atoms with Gasteiger partial charge in [0, 0.05) is 5.69 Å². The summed E-state index contributed by atoms with van der Waals surface area (Å²) in [5.41, 5.74) is 7.26. The summed E-state index contributed by atoms with van der Waals surface area (Å²) in [6, 6.07) is 6.75. The summed E-state index contributed by atoms with van der Waals surface area (Å²) in [5, 5.41) is 13.7. The van der Waals surface area contributed by atoms with Gasteiger partial charge in [-0.2, -0.15) is 11.8 Å². The molecule has 1 aromatic carbocycles. The summed E-state index contributed by atoms with van der Waals surface area (Å²) < 4.78 is 1.52. The monoisotopic (exact) mass is 292 g/mol. The van der Waals surface area contributed by atoms with E-state index in [9.17, 15) is 4.79 Å². The predicted molar refractivity (Wildman–Crippen MR) is 78.8 cm³/mol. The first kappa shape index (κ1) is 14.5. The fraction of sp³-hybridized carbons (Fsp3) is 0.333. The average Bonchev–Trinajstić information content (AvgIpc) is 2.99. The third-order valence-corrected chi connectivity index (χ3v) is 3.34. The van der Waals surface area contributed by atoms with E-state index in [2.05, 4.69) is 20.8 Å². The number of hydrogen-bond donors (Lipinski definition) is 2. The maximum Gasteiger partial charge on any atom is 0.241 e. The molecule has 106 valence electrons. The van der Waals surface area contributed by atoms with Crippen molar-refractivity contribution in [3.05, 3.63) is 30.6 Å². The highest BCUT2D eigenvalue weighted by Crippen LogP contribution is 2.13. The molecule has 0 unspecified atom stereocenters. The number of amides is 1. The van der Waals surface area contributed by atoms with Crippen LogP contribution in [-0.2, 0) is 4.79 Å². The molecule has 2 rings (SSSR count). The molecule has 1 atom stereocenters. The van der Waals surface area contributed by atoms with Crippen molar-refractivity contribution in [3.63, 3.8) is 0 Å². The highest BCUT2D eigenvalue weighted by molar-refractivity contribution is 7.98. The van der Waals surface area contributed by atoms with Gasteiger partial charge in [0.25, 0.3) is 0 Å². The third-order valence-electron chi connectivity index (χ3n) is 2.70. The smallest absolute Gasteiger partial charge is 0.241 e. The molecular weight excluding hydrogens is 276 g/mol. The normalized spacial score (nSPS) is 12.1. The number of nitrogens with two attached hydrogens (primary N) is 1. The summed E-state index contributed by atoms with van der Waals surface area (Å²) in [5.74, 6) is 0.673. The second-order valence-corrected chi connectivity index (χ2v) is 5.17. The van der Waals surface area contributed by atoms with Crippen LogP contribution in [-0.4, -0.2) is 44.2 Å². The quantitative estimate of drug-likeness (QED) is 0.812. The lowest BCUT2D eigenvalue weighted by Crippen LogP contribution is -2.36. The fourth-order valence-corrected chi connectivity index (χ4v) is 2.11. The van der Waals surface area contributed by atoms with Gasteiger partial charge in [0.1, 0.15) is 6.33 Å². The highest BCUT2D eigenvalue weighted by atomic mass is 32.2. The van der Waals surface area contributed by atoms with Crippen molar-refractivity contribution < 1.29 is 4.79 Å². The largest absolute Gasteiger partial charge is 0.325 e. The molecule has 0 aliphatic rings. The van der Waals surface area contributed by atoms with E-state index >= 15 is 0 Å². The van der Waals surface area contributed by atoms with Gasteiger partial charge >= 0.3 is 0 Å². The van der Waals surface area contributed by atoms with Gasteiger partial charge in [0.2, 0.25) is 5.91 Å². The molecule has 1 amide bonds. The van der Waals surface area contributed by atoms with Gasteiger partial charge in [-0.05, 0) is 47.1 Å². The summed E-state index contributed by atoms with van der Waals surface area (Å²) in [6.07, 6.45) is 4.13. The Labute approximate surface area is 120 Å². The maximum atomic E-state index is 11.9. The zero-order valence-corrected chi connectivity index (χ0v) is 11.9. The van der Waals surface area contributed by atoms with Crippen LogP contribution in [0.3, 0.4) is 0 Å². The molecule has 0 radical (unpaired) electrons. The molecular formula is C12H16N6OS. The molecule has 0 aliphatic carbocycles. The molecule has 0 aliphatic heterocycles. The van der Waals surface area contributed by atoms with Crippen LogP contribution < -0.4 is 11.1 Å². The minimum absolute atomic E-state index is 0.187. The van der Waals surface area contributed by atoms with Crippen LogP contribution in [0.4, 0.5) is 5.69 Å². The molecule has 1 aromatic heterocycles. The van der Waals surface area contributed by atoms with Gasteiger partial charge in [-0.1, -0.05) is 6.07 Å². The van der Waals surface area contributed by atoms with Crippen molar-refractivity contribution in [1.82, 2.24) is 20.2 Å². The molecule has 0 spiro atoms. The lowest BCUT2D eigenvalue weighted by molar-refractivity contribution is -0.117. The molecule has 8 heteroatoms. The second kappa shape index (κ2) is 7.01. The Morgan fingerprint density at radius 1 is 1.55 bits per heavy atom. The number of anilines is 1. The molecule has 7 nitrogen and oxygen atoms in total. The van der Waals surface area contributed by atoms with E-state index in [1.807, 2.05) is 18.4 Å². The summed E-state index contributed by atoms with van der Waals surface area (Å²) in [4.78, 5) is 11.9. The first-order chi connectivity index (χ1) is 9.70. The predicted octanol–water partition coefficient (Wildman–Crippen LogP) is 0.681. The lowest BCUT2D eigenvalue weighted by atomic mass is 10.2. The van der Waals surface area contributed by atoms with Gasteiger partial charge in [0.15, 0.2) is 0 Å². The van der Waals surface area contributed by atoms with Gasteiger partial charge in [-0.3, -0.25) is 4.79 Å². The first-order valence-corrected chi connectivity index (χ1v) is 7.49. The molecule has 2 aromatic rings. The number of carbonyl (C=O) groups is 1. The van der Waals surface area contributed by atoms with Crippen LogP contribution in [0.25, 0.3) is 5.69 Å². The van der Waals surface area contributed by atoms with E-state index < -0.39 is 6.04 Å². The number of nitrogens with one attached hydrogen (secondary N) is 1. The zero-order valence-electron chi connectivity index (χ0n) is 11.1. The summed E-state index contributed by atoms with van der Waals surface area (Å²) in [6.45, 7) is 0.